The lowest BCUT2D eigenvalue weighted by atomic mass is 9.95. The molecule has 0 aromatic heterocycles. The molecule has 2 aliphatic heterocycles. The molecule has 6 nitrogen and oxygen atoms in total. The van der Waals surface area contributed by atoms with Crippen LogP contribution < -0.4 is 14.8 Å². The van der Waals surface area contributed by atoms with Gasteiger partial charge in [0.1, 0.15) is 0 Å². The number of rotatable bonds is 6. The van der Waals surface area contributed by atoms with Crippen molar-refractivity contribution in [1.82, 2.24) is 10.2 Å². The van der Waals surface area contributed by atoms with Crippen molar-refractivity contribution in [3.05, 3.63) is 23.8 Å². The van der Waals surface area contributed by atoms with Crippen LogP contribution >= 0.6 is 0 Å². The summed E-state index contributed by atoms with van der Waals surface area (Å²) in [6.45, 7) is 7.82. The van der Waals surface area contributed by atoms with E-state index in [0.29, 0.717) is 19.8 Å². The molecule has 2 aliphatic rings. The largest absolute Gasteiger partial charge is 0.490 e. The molecule has 0 bridgehead atoms. The molecule has 6 heteroatoms. The SMILES string of the molecule is CC(C)C(NC(=O)CN1CCCC(CO)C1)c1ccc2c(c1)OCCCO2. The van der Waals surface area contributed by atoms with E-state index in [1.165, 1.54) is 0 Å². The molecule has 3 rings (SSSR count). The quantitative estimate of drug-likeness (QED) is 0.798. The summed E-state index contributed by atoms with van der Waals surface area (Å²) < 4.78 is 11.5. The number of benzene rings is 1. The third-order valence-corrected chi connectivity index (χ3v) is 5.34. The number of aliphatic hydroxyl groups excluding tert-OH is 1. The Hall–Kier alpha value is -1.79. The van der Waals surface area contributed by atoms with Crippen LogP contribution in [0.1, 0.15) is 44.7 Å². The molecule has 1 saturated heterocycles. The maximum atomic E-state index is 12.7. The fourth-order valence-corrected chi connectivity index (χ4v) is 3.87. The first-order valence-corrected chi connectivity index (χ1v) is 10.1. The Balaban J connectivity index is 1.65. The molecule has 0 aliphatic carbocycles. The summed E-state index contributed by atoms with van der Waals surface area (Å²) in [5, 5.41) is 12.6. The highest BCUT2D eigenvalue weighted by Gasteiger charge is 2.24. The summed E-state index contributed by atoms with van der Waals surface area (Å²) in [7, 11) is 0. The number of nitrogens with zero attached hydrogens (tertiary/aromatic N) is 1. The number of piperidine rings is 1. The Bertz CT molecular complexity index is 635. The highest BCUT2D eigenvalue weighted by molar-refractivity contribution is 5.78. The van der Waals surface area contributed by atoms with Gasteiger partial charge in [-0.2, -0.15) is 0 Å². The van der Waals surface area contributed by atoms with Gasteiger partial charge in [0.25, 0.3) is 0 Å². The van der Waals surface area contributed by atoms with Gasteiger partial charge >= 0.3 is 0 Å². The number of carbonyl (C=O) groups is 1. The number of amides is 1. The van der Waals surface area contributed by atoms with Crippen LogP contribution in [0, 0.1) is 11.8 Å². The summed E-state index contributed by atoms with van der Waals surface area (Å²) in [5.41, 5.74) is 1.04. The van der Waals surface area contributed by atoms with E-state index in [1.54, 1.807) is 0 Å². The van der Waals surface area contributed by atoms with E-state index < -0.39 is 0 Å². The number of aliphatic hydroxyl groups is 1. The van der Waals surface area contributed by atoms with Gasteiger partial charge in [-0.15, -0.1) is 0 Å². The molecule has 2 heterocycles. The summed E-state index contributed by atoms with van der Waals surface area (Å²) in [5.74, 6) is 2.10. The van der Waals surface area contributed by atoms with Crippen molar-refractivity contribution in [2.24, 2.45) is 11.8 Å². The average Bonchev–Trinajstić information content (AvgIpc) is 2.90. The van der Waals surface area contributed by atoms with Crippen LogP contribution in [0.5, 0.6) is 11.5 Å². The second-order valence-corrected chi connectivity index (χ2v) is 7.97. The maximum Gasteiger partial charge on any atom is 0.234 e. The normalized spacial score (nSPS) is 21.6. The van der Waals surface area contributed by atoms with Crippen LogP contribution in [-0.4, -0.2) is 55.4 Å². The van der Waals surface area contributed by atoms with Crippen LogP contribution in [0.3, 0.4) is 0 Å². The number of fused-ring (bicyclic) bond motifs is 1. The Labute approximate surface area is 161 Å². The van der Waals surface area contributed by atoms with Crippen molar-refractivity contribution in [2.45, 2.75) is 39.2 Å². The minimum atomic E-state index is -0.0758. The van der Waals surface area contributed by atoms with Crippen molar-refractivity contribution >= 4 is 5.91 Å². The molecular weight excluding hydrogens is 344 g/mol. The smallest absolute Gasteiger partial charge is 0.234 e. The number of nitrogens with one attached hydrogen (secondary N) is 1. The van der Waals surface area contributed by atoms with Crippen LogP contribution in [-0.2, 0) is 4.79 Å². The van der Waals surface area contributed by atoms with Gasteiger partial charge in [-0.05, 0) is 48.9 Å². The molecule has 1 aromatic carbocycles. The molecule has 1 fully saturated rings. The van der Waals surface area contributed by atoms with E-state index in [4.69, 9.17) is 9.47 Å². The second-order valence-electron chi connectivity index (χ2n) is 7.97. The topological polar surface area (TPSA) is 71.0 Å². The second kappa shape index (κ2) is 9.42. The monoisotopic (exact) mass is 376 g/mol. The van der Waals surface area contributed by atoms with Gasteiger partial charge in [0.15, 0.2) is 11.5 Å². The van der Waals surface area contributed by atoms with Gasteiger partial charge in [0, 0.05) is 19.6 Å². The number of ether oxygens (including phenoxy) is 2. The number of likely N-dealkylation sites (tertiary alicyclic amines) is 1. The van der Waals surface area contributed by atoms with Crippen molar-refractivity contribution < 1.29 is 19.4 Å². The van der Waals surface area contributed by atoms with Crippen LogP contribution in [0.15, 0.2) is 18.2 Å². The molecule has 2 unspecified atom stereocenters. The lowest BCUT2D eigenvalue weighted by Gasteiger charge is -2.32. The maximum absolute atomic E-state index is 12.7. The lowest BCUT2D eigenvalue weighted by Crippen LogP contribution is -2.44. The Morgan fingerprint density at radius 1 is 1.26 bits per heavy atom. The molecular formula is C21H32N2O4. The molecule has 1 aromatic rings. The zero-order valence-electron chi connectivity index (χ0n) is 16.4. The van der Waals surface area contributed by atoms with Crippen LogP contribution in [0.4, 0.5) is 0 Å². The summed E-state index contributed by atoms with van der Waals surface area (Å²) in [4.78, 5) is 14.8. The lowest BCUT2D eigenvalue weighted by molar-refractivity contribution is -0.123. The number of hydrogen-bond donors (Lipinski definition) is 2. The first-order valence-electron chi connectivity index (χ1n) is 10.1. The predicted octanol–water partition coefficient (Wildman–Crippen LogP) is 2.37. The fraction of sp³-hybridized carbons (Fsp3) is 0.667. The van der Waals surface area contributed by atoms with Gasteiger partial charge in [-0.1, -0.05) is 19.9 Å². The van der Waals surface area contributed by atoms with Gasteiger partial charge in [-0.3, -0.25) is 9.69 Å². The zero-order valence-corrected chi connectivity index (χ0v) is 16.4. The van der Waals surface area contributed by atoms with E-state index in [-0.39, 0.29) is 30.4 Å². The zero-order chi connectivity index (χ0) is 19.2. The first-order chi connectivity index (χ1) is 13.1. The predicted molar refractivity (Wildman–Crippen MR) is 104 cm³/mol. The standard InChI is InChI=1S/C21H32N2O4/c1-15(2)21(17-6-7-18-19(11-17)27-10-4-9-26-18)22-20(25)13-23-8-3-5-16(12-23)14-24/h6-7,11,15-16,21,24H,3-5,8-10,12-14H2,1-2H3,(H,22,25). The Morgan fingerprint density at radius 3 is 2.78 bits per heavy atom. The van der Waals surface area contributed by atoms with Crippen LogP contribution in [0.2, 0.25) is 0 Å². The van der Waals surface area contributed by atoms with Gasteiger partial charge in [0.2, 0.25) is 5.91 Å². The minimum Gasteiger partial charge on any atom is -0.490 e. The third kappa shape index (κ3) is 5.36. The van der Waals surface area contributed by atoms with Crippen molar-refractivity contribution in [3.63, 3.8) is 0 Å². The third-order valence-electron chi connectivity index (χ3n) is 5.34. The van der Waals surface area contributed by atoms with E-state index in [9.17, 15) is 9.90 Å². The van der Waals surface area contributed by atoms with E-state index in [2.05, 4.69) is 24.1 Å². The van der Waals surface area contributed by atoms with Crippen molar-refractivity contribution in [3.8, 4) is 11.5 Å². The van der Waals surface area contributed by atoms with Crippen LogP contribution in [0.25, 0.3) is 0 Å². The molecule has 0 spiro atoms. The first kappa shape index (κ1) is 20.0. The summed E-state index contributed by atoms with van der Waals surface area (Å²) in [6, 6.07) is 5.87. The minimum absolute atomic E-state index is 0.0272. The van der Waals surface area contributed by atoms with Crippen molar-refractivity contribution in [1.29, 1.82) is 0 Å². The Morgan fingerprint density at radius 2 is 2.04 bits per heavy atom. The summed E-state index contributed by atoms with van der Waals surface area (Å²) >= 11 is 0. The number of carbonyl (C=O) groups excluding carboxylic acids is 1. The average molecular weight is 376 g/mol. The molecule has 27 heavy (non-hydrogen) atoms. The molecule has 0 saturated carbocycles. The molecule has 150 valence electrons. The van der Waals surface area contributed by atoms with E-state index >= 15 is 0 Å². The summed E-state index contributed by atoms with van der Waals surface area (Å²) in [6.07, 6.45) is 2.95. The van der Waals surface area contributed by atoms with Gasteiger partial charge in [0.05, 0.1) is 25.8 Å². The van der Waals surface area contributed by atoms with E-state index in [0.717, 1.165) is 49.4 Å². The Kier molecular flexibility index (Phi) is 6.96. The van der Waals surface area contributed by atoms with Gasteiger partial charge < -0.3 is 19.9 Å². The van der Waals surface area contributed by atoms with Gasteiger partial charge in [-0.25, -0.2) is 0 Å². The molecule has 1 amide bonds. The molecule has 2 N–H and O–H groups in total. The van der Waals surface area contributed by atoms with E-state index in [1.807, 2.05) is 18.2 Å². The fourth-order valence-electron chi connectivity index (χ4n) is 3.87. The highest BCUT2D eigenvalue weighted by atomic mass is 16.5. The van der Waals surface area contributed by atoms with Crippen molar-refractivity contribution in [2.75, 3.05) is 39.5 Å². The number of hydrogen-bond acceptors (Lipinski definition) is 5. The molecule has 0 radical (unpaired) electrons. The molecule has 2 atom stereocenters. The highest BCUT2D eigenvalue weighted by Crippen LogP contribution is 2.34.